The van der Waals surface area contributed by atoms with Gasteiger partial charge in [-0.1, -0.05) is 0 Å². The van der Waals surface area contributed by atoms with Crippen molar-refractivity contribution in [2.24, 2.45) is 0 Å². The normalized spacial score (nSPS) is 16.0. The number of pyridine rings is 1. The number of nitrogens with zero attached hydrogens (tertiary/aromatic N) is 6. The number of carbonyl (C=O) groups is 1. The number of aryl methyl sites for hydroxylation is 1. The van der Waals surface area contributed by atoms with Crippen molar-refractivity contribution in [3.8, 4) is 0 Å². The third-order valence-corrected chi connectivity index (χ3v) is 5.30. The van der Waals surface area contributed by atoms with Crippen LogP contribution >= 0.6 is 0 Å². The van der Waals surface area contributed by atoms with Crippen LogP contribution in [0.1, 0.15) is 29.3 Å². The van der Waals surface area contributed by atoms with Gasteiger partial charge in [0.15, 0.2) is 5.82 Å². The number of alkyl halides is 3. The molecule has 32 heavy (non-hydrogen) atoms. The summed E-state index contributed by atoms with van der Waals surface area (Å²) in [5.41, 5.74) is 1.26. The second kappa shape index (κ2) is 8.09. The van der Waals surface area contributed by atoms with Gasteiger partial charge in [0, 0.05) is 37.7 Å². The average molecular weight is 446 g/mol. The zero-order valence-corrected chi connectivity index (χ0v) is 17.6. The first-order valence-electron chi connectivity index (χ1n) is 9.81. The molecule has 1 amide bonds. The highest BCUT2D eigenvalue weighted by atomic mass is 19.4. The van der Waals surface area contributed by atoms with Crippen LogP contribution in [0.5, 0.6) is 0 Å². The molecule has 0 fully saturated rings. The van der Waals surface area contributed by atoms with Crippen LogP contribution in [-0.2, 0) is 24.1 Å². The Labute approximate surface area is 181 Å². The van der Waals surface area contributed by atoms with Crippen LogP contribution in [0.4, 0.5) is 30.6 Å². The van der Waals surface area contributed by atoms with Crippen molar-refractivity contribution in [3.05, 3.63) is 53.2 Å². The molecule has 2 N–H and O–H groups in total. The van der Waals surface area contributed by atoms with Crippen molar-refractivity contribution >= 4 is 23.4 Å². The molecule has 0 saturated heterocycles. The molecule has 168 valence electrons. The van der Waals surface area contributed by atoms with Crippen molar-refractivity contribution < 1.29 is 18.0 Å². The molecular formula is C20H21F3N8O. The molecule has 12 heteroatoms. The molecule has 0 unspecified atom stereocenters. The van der Waals surface area contributed by atoms with E-state index >= 15 is 0 Å². The van der Waals surface area contributed by atoms with Crippen molar-refractivity contribution in [2.75, 3.05) is 22.6 Å². The molecule has 0 radical (unpaired) electrons. The van der Waals surface area contributed by atoms with Gasteiger partial charge in [-0.3, -0.25) is 14.5 Å². The molecular weight excluding hydrogens is 425 g/mol. The standard InChI is InChI=1S/C20H21F3N8O/c1-11-16-17(30(3)12(2)18(32)28-16)29-19(27-11)25-6-13-7-26-31(9-13)10-14-4-5-24-8-15(14)20(21,22)23/h4-5,7-9,12H,6,10H2,1-3H3,(H,28,32)(H,25,27,29)/t12-/m1/s1. The highest BCUT2D eigenvalue weighted by molar-refractivity contribution is 6.03. The zero-order chi connectivity index (χ0) is 23.0. The van der Waals surface area contributed by atoms with E-state index in [1.165, 1.54) is 16.9 Å². The van der Waals surface area contributed by atoms with Gasteiger partial charge in [0.05, 0.1) is 24.0 Å². The Balaban J connectivity index is 1.47. The van der Waals surface area contributed by atoms with Crippen LogP contribution in [-0.4, -0.2) is 43.7 Å². The first-order chi connectivity index (χ1) is 15.1. The summed E-state index contributed by atoms with van der Waals surface area (Å²) < 4.78 is 40.9. The fraction of sp³-hybridized carbons (Fsp3) is 0.350. The molecule has 4 heterocycles. The number of amides is 1. The lowest BCUT2D eigenvalue weighted by molar-refractivity contribution is -0.138. The molecule has 1 aliphatic heterocycles. The maximum Gasteiger partial charge on any atom is 0.418 e. The molecule has 1 atom stereocenters. The number of hydrogen-bond donors (Lipinski definition) is 2. The fourth-order valence-electron chi connectivity index (χ4n) is 3.38. The number of likely N-dealkylation sites (N-methyl/N-ethyl adjacent to an activating group) is 1. The van der Waals surface area contributed by atoms with E-state index < -0.39 is 11.7 Å². The lowest BCUT2D eigenvalue weighted by Crippen LogP contribution is -2.44. The summed E-state index contributed by atoms with van der Waals surface area (Å²) in [5.74, 6) is 0.862. The van der Waals surface area contributed by atoms with Crippen molar-refractivity contribution in [2.45, 2.75) is 39.2 Å². The minimum atomic E-state index is -4.48. The van der Waals surface area contributed by atoms with Crippen molar-refractivity contribution in [1.82, 2.24) is 24.7 Å². The molecule has 1 aliphatic rings. The molecule has 0 spiro atoms. The molecule has 0 saturated carbocycles. The van der Waals surface area contributed by atoms with Crippen LogP contribution in [0.2, 0.25) is 0 Å². The summed E-state index contributed by atoms with van der Waals surface area (Å²) in [6, 6.07) is 0.972. The molecule has 3 aromatic heterocycles. The smallest absolute Gasteiger partial charge is 0.350 e. The molecule has 4 rings (SSSR count). The summed E-state index contributed by atoms with van der Waals surface area (Å²) in [4.78, 5) is 26.3. The van der Waals surface area contributed by atoms with E-state index in [-0.39, 0.29) is 24.1 Å². The highest BCUT2D eigenvalue weighted by Gasteiger charge is 2.33. The van der Waals surface area contributed by atoms with Gasteiger partial charge >= 0.3 is 6.18 Å². The van der Waals surface area contributed by atoms with Gasteiger partial charge in [-0.15, -0.1) is 0 Å². The highest BCUT2D eigenvalue weighted by Crippen LogP contribution is 2.33. The monoisotopic (exact) mass is 446 g/mol. The van der Waals surface area contributed by atoms with Crippen LogP contribution in [0.25, 0.3) is 0 Å². The van der Waals surface area contributed by atoms with Crippen LogP contribution in [0.3, 0.4) is 0 Å². The van der Waals surface area contributed by atoms with E-state index in [2.05, 4.69) is 30.7 Å². The topological polar surface area (TPSA) is 101 Å². The Bertz CT molecular complexity index is 1160. The second-order valence-corrected chi connectivity index (χ2v) is 7.54. The van der Waals surface area contributed by atoms with E-state index in [0.29, 0.717) is 29.7 Å². The minimum Gasteiger partial charge on any atom is -0.350 e. The Morgan fingerprint density at radius 2 is 2.03 bits per heavy atom. The van der Waals surface area contributed by atoms with Crippen LogP contribution in [0, 0.1) is 6.92 Å². The Morgan fingerprint density at radius 3 is 2.78 bits per heavy atom. The number of aromatic nitrogens is 5. The van der Waals surface area contributed by atoms with Gasteiger partial charge in [0.1, 0.15) is 11.7 Å². The lowest BCUT2D eigenvalue weighted by atomic mass is 10.1. The van der Waals surface area contributed by atoms with E-state index in [9.17, 15) is 18.0 Å². The largest absolute Gasteiger partial charge is 0.418 e. The second-order valence-electron chi connectivity index (χ2n) is 7.54. The molecule has 9 nitrogen and oxygen atoms in total. The third-order valence-electron chi connectivity index (χ3n) is 5.30. The van der Waals surface area contributed by atoms with Gasteiger partial charge in [-0.25, -0.2) is 4.98 Å². The summed E-state index contributed by atoms with van der Waals surface area (Å²) in [7, 11) is 1.79. The number of nitrogens with one attached hydrogen (secondary N) is 2. The summed E-state index contributed by atoms with van der Waals surface area (Å²) in [6.07, 6.45) is 0.894. The van der Waals surface area contributed by atoms with Crippen LogP contribution < -0.4 is 15.5 Å². The van der Waals surface area contributed by atoms with E-state index in [0.717, 1.165) is 11.8 Å². The SMILES string of the molecule is Cc1nc(NCc2cnn(Cc3ccncc3C(F)(F)F)c2)nc2c1NC(=O)[C@@H](C)N2C. The fourth-order valence-corrected chi connectivity index (χ4v) is 3.38. The number of hydrogen-bond acceptors (Lipinski definition) is 7. The maximum atomic E-state index is 13.2. The maximum absolute atomic E-state index is 13.2. The third kappa shape index (κ3) is 4.20. The quantitative estimate of drug-likeness (QED) is 0.622. The first kappa shape index (κ1) is 21.5. The van der Waals surface area contributed by atoms with Gasteiger partial charge in [0.25, 0.3) is 0 Å². The predicted octanol–water partition coefficient (Wildman–Crippen LogP) is 2.83. The van der Waals surface area contributed by atoms with E-state index in [4.69, 9.17) is 0 Å². The van der Waals surface area contributed by atoms with E-state index in [1.54, 1.807) is 38.2 Å². The Hall–Kier alpha value is -3.70. The zero-order valence-electron chi connectivity index (χ0n) is 17.6. The van der Waals surface area contributed by atoms with Crippen molar-refractivity contribution in [3.63, 3.8) is 0 Å². The first-order valence-corrected chi connectivity index (χ1v) is 9.81. The van der Waals surface area contributed by atoms with Crippen LogP contribution in [0.15, 0.2) is 30.9 Å². The Kier molecular flexibility index (Phi) is 5.45. The number of fused-ring (bicyclic) bond motifs is 1. The molecule has 0 bridgehead atoms. The van der Waals surface area contributed by atoms with Gasteiger partial charge in [0.2, 0.25) is 11.9 Å². The number of anilines is 3. The summed E-state index contributed by atoms with van der Waals surface area (Å²) >= 11 is 0. The predicted molar refractivity (Wildman–Crippen MR) is 111 cm³/mol. The number of rotatable bonds is 5. The molecule has 0 aliphatic carbocycles. The summed E-state index contributed by atoms with van der Waals surface area (Å²) in [5, 5.41) is 10.1. The van der Waals surface area contributed by atoms with Crippen molar-refractivity contribution in [1.29, 1.82) is 0 Å². The molecule has 0 aromatic carbocycles. The Morgan fingerprint density at radius 1 is 1.25 bits per heavy atom. The van der Waals surface area contributed by atoms with Gasteiger partial charge < -0.3 is 15.5 Å². The summed E-state index contributed by atoms with van der Waals surface area (Å²) in [6.45, 7) is 3.85. The van der Waals surface area contributed by atoms with Gasteiger partial charge in [-0.05, 0) is 25.5 Å². The number of halogens is 3. The molecule has 3 aromatic rings. The average Bonchev–Trinajstić information content (AvgIpc) is 3.18. The lowest BCUT2D eigenvalue weighted by Gasteiger charge is -2.32. The minimum absolute atomic E-state index is 0.0335. The van der Waals surface area contributed by atoms with Gasteiger partial charge in [-0.2, -0.15) is 23.3 Å². The number of carbonyl (C=O) groups excluding carboxylic acids is 1. The van der Waals surface area contributed by atoms with E-state index in [1.807, 2.05) is 0 Å².